The van der Waals surface area contributed by atoms with E-state index in [0.717, 1.165) is 23.3 Å². The van der Waals surface area contributed by atoms with Gasteiger partial charge in [0.15, 0.2) is 0 Å². The van der Waals surface area contributed by atoms with E-state index >= 15 is 0 Å². The van der Waals surface area contributed by atoms with Crippen molar-refractivity contribution in [3.8, 4) is 5.75 Å². The van der Waals surface area contributed by atoms with Crippen LogP contribution in [0.2, 0.25) is 0 Å². The van der Waals surface area contributed by atoms with Crippen molar-refractivity contribution in [2.45, 2.75) is 12.8 Å². The lowest BCUT2D eigenvalue weighted by atomic mass is 10.1. The number of carbonyl (C=O) groups excluding carboxylic acids is 1. The third-order valence-electron chi connectivity index (χ3n) is 4.36. The lowest BCUT2D eigenvalue weighted by Crippen LogP contribution is -2.26. The van der Waals surface area contributed by atoms with Crippen molar-refractivity contribution in [1.82, 2.24) is 15.3 Å². The van der Waals surface area contributed by atoms with E-state index < -0.39 is 0 Å². The number of carbonyl (C=O) groups is 1. The van der Waals surface area contributed by atoms with Gasteiger partial charge in [-0.15, -0.1) is 0 Å². The van der Waals surface area contributed by atoms with Crippen molar-refractivity contribution in [3.63, 3.8) is 0 Å². The maximum absolute atomic E-state index is 12.9. The second kappa shape index (κ2) is 10.2. The molecule has 0 atom stereocenters. The molecule has 0 fully saturated rings. The number of aromatic nitrogens is 2. The van der Waals surface area contributed by atoms with Crippen molar-refractivity contribution < 1.29 is 13.9 Å². The van der Waals surface area contributed by atoms with Crippen LogP contribution in [0.3, 0.4) is 0 Å². The summed E-state index contributed by atoms with van der Waals surface area (Å²) in [6, 6.07) is 14.1. The van der Waals surface area contributed by atoms with Crippen LogP contribution in [0, 0.1) is 5.82 Å². The molecule has 0 aliphatic carbocycles. The number of benzene rings is 2. The maximum Gasteiger partial charge on any atom is 0.254 e. The van der Waals surface area contributed by atoms with Crippen LogP contribution in [0.15, 0.2) is 60.9 Å². The summed E-state index contributed by atoms with van der Waals surface area (Å²) in [6.07, 6.45) is 4.41. The Morgan fingerprint density at radius 3 is 2.45 bits per heavy atom. The Hall–Kier alpha value is -3.48. The minimum Gasteiger partial charge on any atom is -0.497 e. The largest absolute Gasteiger partial charge is 0.497 e. The molecule has 1 heterocycles. The lowest BCUT2D eigenvalue weighted by molar-refractivity contribution is 0.0953. The average molecular weight is 394 g/mol. The Morgan fingerprint density at radius 2 is 1.72 bits per heavy atom. The first kappa shape index (κ1) is 20.3. The van der Waals surface area contributed by atoms with Crippen LogP contribution < -0.4 is 15.4 Å². The fourth-order valence-corrected chi connectivity index (χ4v) is 2.76. The second-order valence-corrected chi connectivity index (χ2v) is 6.46. The molecule has 0 radical (unpaired) electrons. The van der Waals surface area contributed by atoms with Gasteiger partial charge in [0.25, 0.3) is 5.91 Å². The van der Waals surface area contributed by atoms with Gasteiger partial charge in [-0.25, -0.2) is 14.4 Å². The molecule has 0 unspecified atom stereocenters. The zero-order chi connectivity index (χ0) is 20.5. The Kier molecular flexibility index (Phi) is 7.10. The first-order valence-corrected chi connectivity index (χ1v) is 9.35. The first-order valence-electron chi connectivity index (χ1n) is 9.35. The average Bonchev–Trinajstić information content (AvgIpc) is 2.76. The standard InChI is InChI=1S/C22H23FN4O2/c1-29-20-4-2-3-17(13-20)10-11-24-21(28)18-14-26-22(27-15-18)25-12-9-16-5-7-19(23)8-6-16/h2-8,13-15H,9-12H2,1H3,(H,24,28)(H,25,26,27). The molecule has 0 aliphatic heterocycles. The summed E-state index contributed by atoms with van der Waals surface area (Å²) in [5.74, 6) is 0.776. The second-order valence-electron chi connectivity index (χ2n) is 6.46. The predicted octanol–water partition coefficient (Wildman–Crippen LogP) is 3.25. The van der Waals surface area contributed by atoms with E-state index in [0.29, 0.717) is 31.0 Å². The fourth-order valence-electron chi connectivity index (χ4n) is 2.76. The van der Waals surface area contributed by atoms with Gasteiger partial charge in [-0.1, -0.05) is 24.3 Å². The molecular formula is C22H23FN4O2. The van der Waals surface area contributed by atoms with Crippen molar-refractivity contribution in [1.29, 1.82) is 0 Å². The Morgan fingerprint density at radius 1 is 1.00 bits per heavy atom. The van der Waals surface area contributed by atoms with Crippen LogP contribution in [-0.2, 0) is 12.8 Å². The number of nitrogens with zero attached hydrogens (tertiary/aromatic N) is 2. The third kappa shape index (κ3) is 6.27. The van der Waals surface area contributed by atoms with Gasteiger partial charge in [-0.3, -0.25) is 4.79 Å². The highest BCUT2D eigenvalue weighted by molar-refractivity contribution is 5.93. The Bertz CT molecular complexity index is 930. The number of hydrogen-bond acceptors (Lipinski definition) is 5. The van der Waals surface area contributed by atoms with E-state index in [1.165, 1.54) is 24.5 Å². The van der Waals surface area contributed by atoms with E-state index in [4.69, 9.17) is 4.74 Å². The highest BCUT2D eigenvalue weighted by Gasteiger charge is 2.07. The number of halogens is 1. The zero-order valence-electron chi connectivity index (χ0n) is 16.2. The predicted molar refractivity (Wildman–Crippen MR) is 110 cm³/mol. The molecule has 2 aromatic carbocycles. The molecule has 0 saturated carbocycles. The van der Waals surface area contributed by atoms with Crippen LogP contribution in [0.1, 0.15) is 21.5 Å². The summed E-state index contributed by atoms with van der Waals surface area (Å²) < 4.78 is 18.1. The lowest BCUT2D eigenvalue weighted by Gasteiger charge is -2.08. The minimum absolute atomic E-state index is 0.217. The Balaban J connectivity index is 1.42. The fraction of sp³-hybridized carbons (Fsp3) is 0.227. The van der Waals surface area contributed by atoms with Gasteiger partial charge < -0.3 is 15.4 Å². The monoisotopic (exact) mass is 394 g/mol. The van der Waals surface area contributed by atoms with Crippen LogP contribution >= 0.6 is 0 Å². The molecule has 0 bridgehead atoms. The van der Waals surface area contributed by atoms with Crippen LogP contribution in [0.4, 0.5) is 10.3 Å². The summed E-state index contributed by atoms with van der Waals surface area (Å²) >= 11 is 0. The normalized spacial score (nSPS) is 10.4. The number of hydrogen-bond donors (Lipinski definition) is 2. The molecule has 6 nitrogen and oxygen atoms in total. The SMILES string of the molecule is COc1cccc(CCNC(=O)c2cnc(NCCc3ccc(F)cc3)nc2)c1. The summed E-state index contributed by atoms with van der Waals surface area (Å²) in [5.41, 5.74) is 2.51. The van der Waals surface area contributed by atoms with Crippen molar-refractivity contribution in [3.05, 3.63) is 83.4 Å². The zero-order valence-corrected chi connectivity index (χ0v) is 16.2. The molecule has 0 saturated heterocycles. The van der Waals surface area contributed by atoms with Crippen molar-refractivity contribution in [2.75, 3.05) is 25.5 Å². The van der Waals surface area contributed by atoms with Crippen LogP contribution in [-0.4, -0.2) is 36.1 Å². The highest BCUT2D eigenvalue weighted by Crippen LogP contribution is 2.12. The number of methoxy groups -OCH3 is 1. The minimum atomic E-state index is -0.248. The van der Waals surface area contributed by atoms with Gasteiger partial charge in [-0.05, 0) is 48.2 Å². The molecule has 150 valence electrons. The third-order valence-corrected chi connectivity index (χ3v) is 4.36. The molecule has 1 aromatic heterocycles. The molecule has 2 N–H and O–H groups in total. The van der Waals surface area contributed by atoms with Gasteiger partial charge in [0, 0.05) is 25.5 Å². The smallest absolute Gasteiger partial charge is 0.254 e. The summed E-state index contributed by atoms with van der Waals surface area (Å²) in [6.45, 7) is 1.11. The van der Waals surface area contributed by atoms with E-state index in [9.17, 15) is 9.18 Å². The molecule has 3 rings (SSSR count). The van der Waals surface area contributed by atoms with Crippen molar-refractivity contribution >= 4 is 11.9 Å². The van der Waals surface area contributed by atoms with E-state index in [2.05, 4.69) is 20.6 Å². The first-order chi connectivity index (χ1) is 14.1. The molecular weight excluding hydrogens is 371 g/mol. The highest BCUT2D eigenvalue weighted by atomic mass is 19.1. The summed E-state index contributed by atoms with van der Waals surface area (Å²) in [5, 5.41) is 5.95. The van der Waals surface area contributed by atoms with Gasteiger partial charge in [0.1, 0.15) is 11.6 Å². The number of amides is 1. The van der Waals surface area contributed by atoms with Crippen molar-refractivity contribution in [2.24, 2.45) is 0 Å². The number of anilines is 1. The van der Waals surface area contributed by atoms with E-state index in [1.54, 1.807) is 19.2 Å². The Labute approximate surface area is 169 Å². The summed E-state index contributed by atoms with van der Waals surface area (Å²) in [4.78, 5) is 20.6. The summed E-state index contributed by atoms with van der Waals surface area (Å²) in [7, 11) is 1.63. The van der Waals surface area contributed by atoms with Gasteiger partial charge >= 0.3 is 0 Å². The molecule has 0 spiro atoms. The molecule has 3 aromatic rings. The number of nitrogens with one attached hydrogen (secondary N) is 2. The van der Waals surface area contributed by atoms with E-state index in [1.807, 2.05) is 24.3 Å². The molecule has 0 aliphatic rings. The molecule has 29 heavy (non-hydrogen) atoms. The quantitative estimate of drug-likeness (QED) is 0.583. The molecule has 1 amide bonds. The van der Waals surface area contributed by atoms with Gasteiger partial charge in [-0.2, -0.15) is 0 Å². The van der Waals surface area contributed by atoms with Crippen LogP contribution in [0.5, 0.6) is 5.75 Å². The van der Waals surface area contributed by atoms with Gasteiger partial charge in [0.05, 0.1) is 12.7 Å². The maximum atomic E-state index is 12.9. The van der Waals surface area contributed by atoms with Crippen LogP contribution in [0.25, 0.3) is 0 Å². The molecule has 7 heteroatoms. The van der Waals surface area contributed by atoms with E-state index in [-0.39, 0.29) is 11.7 Å². The number of ether oxygens (including phenoxy) is 1. The number of rotatable bonds is 9. The van der Waals surface area contributed by atoms with Gasteiger partial charge in [0.2, 0.25) is 5.95 Å². The topological polar surface area (TPSA) is 76.1 Å².